The number of barbiturate groups is 2. The fourth-order valence-corrected chi connectivity index (χ4v) is 2.85. The molecular weight excluding hydrogens is 416 g/mol. The van der Waals surface area contributed by atoms with Crippen molar-refractivity contribution in [1.29, 1.82) is 0 Å². The van der Waals surface area contributed by atoms with Gasteiger partial charge < -0.3 is 20.4 Å². The minimum atomic E-state index is -3.69. The van der Waals surface area contributed by atoms with E-state index in [2.05, 4.69) is 0 Å². The lowest BCUT2D eigenvalue weighted by atomic mass is 9.75. The maximum absolute atomic E-state index is 12.5. The van der Waals surface area contributed by atoms with Crippen LogP contribution in [0.5, 0.6) is 0 Å². The van der Waals surface area contributed by atoms with Crippen molar-refractivity contribution in [3.63, 3.8) is 0 Å². The van der Waals surface area contributed by atoms with Gasteiger partial charge in [-0.2, -0.15) is 0 Å². The van der Waals surface area contributed by atoms with Gasteiger partial charge in [0.25, 0.3) is 34.8 Å². The number of ketones is 2. The van der Waals surface area contributed by atoms with Gasteiger partial charge in [0.05, 0.1) is 11.1 Å². The monoisotopic (exact) mass is 424 g/mol. The van der Waals surface area contributed by atoms with E-state index in [0.29, 0.717) is 0 Å². The molecular formula is C14H8N4O12. The molecule has 2 aliphatic heterocycles. The van der Waals surface area contributed by atoms with E-state index in [1.54, 1.807) is 0 Å². The molecule has 156 valence electrons. The average molecular weight is 424 g/mol. The largest absolute Gasteiger partial charge is 0.504 e. The summed E-state index contributed by atoms with van der Waals surface area (Å²) in [6.45, 7) is 0. The van der Waals surface area contributed by atoms with E-state index < -0.39 is 81.1 Å². The topological polar surface area (TPSA) is 266 Å². The van der Waals surface area contributed by atoms with Crippen molar-refractivity contribution in [2.45, 2.75) is 11.2 Å². The highest BCUT2D eigenvalue weighted by Gasteiger charge is 2.63. The number of rotatable bonds is 2. The second kappa shape index (κ2) is 6.03. The first-order valence-electron chi connectivity index (χ1n) is 7.53. The average Bonchev–Trinajstić information content (AvgIpc) is 2.63. The van der Waals surface area contributed by atoms with Crippen LogP contribution in [0.1, 0.15) is 0 Å². The molecule has 30 heavy (non-hydrogen) atoms. The zero-order chi connectivity index (χ0) is 22.8. The Morgan fingerprint density at radius 1 is 0.500 bits per heavy atom. The quantitative estimate of drug-likeness (QED) is 0.153. The Kier molecular flexibility index (Phi) is 4.08. The van der Waals surface area contributed by atoms with Crippen molar-refractivity contribution >= 4 is 47.3 Å². The predicted octanol–water partition coefficient (Wildman–Crippen LogP) is -5.04. The third kappa shape index (κ3) is 2.34. The van der Waals surface area contributed by atoms with Gasteiger partial charge in [0.15, 0.2) is 11.5 Å². The number of urea groups is 2. The molecule has 16 nitrogen and oxygen atoms in total. The molecule has 0 saturated carbocycles. The molecule has 0 radical (unpaired) electrons. The molecule has 0 aromatic carbocycles. The van der Waals surface area contributed by atoms with Gasteiger partial charge in [0, 0.05) is 0 Å². The van der Waals surface area contributed by atoms with Crippen LogP contribution in [0.2, 0.25) is 0 Å². The van der Waals surface area contributed by atoms with Crippen molar-refractivity contribution in [3.8, 4) is 0 Å². The van der Waals surface area contributed by atoms with Gasteiger partial charge in [0.1, 0.15) is 0 Å². The molecule has 3 aliphatic rings. The number of hydrogen-bond donors (Lipinski definition) is 8. The Hall–Kier alpha value is -4.44. The van der Waals surface area contributed by atoms with Crippen molar-refractivity contribution in [2.24, 2.45) is 0 Å². The number of Topliss-reactive ketones (excluding diaryl/α,β-unsaturated/α-hetero) is 2. The maximum atomic E-state index is 12.5. The summed E-state index contributed by atoms with van der Waals surface area (Å²) in [7, 11) is 0. The summed E-state index contributed by atoms with van der Waals surface area (Å²) in [5.74, 6) is -15.4. The predicted molar refractivity (Wildman–Crippen MR) is 82.6 cm³/mol. The Bertz CT molecular complexity index is 970. The third-order valence-electron chi connectivity index (χ3n) is 4.30. The van der Waals surface area contributed by atoms with E-state index in [0.717, 1.165) is 0 Å². The first kappa shape index (κ1) is 20.3. The second-order valence-corrected chi connectivity index (χ2v) is 6.00. The third-order valence-corrected chi connectivity index (χ3v) is 4.30. The highest BCUT2D eigenvalue weighted by molar-refractivity contribution is 6.37. The van der Waals surface area contributed by atoms with E-state index >= 15 is 0 Å². The van der Waals surface area contributed by atoms with Gasteiger partial charge >= 0.3 is 12.1 Å². The van der Waals surface area contributed by atoms with E-state index in [1.807, 2.05) is 0 Å². The number of aliphatic hydroxyl groups is 4. The molecule has 8 amide bonds. The lowest BCUT2D eigenvalue weighted by Gasteiger charge is -2.35. The Morgan fingerprint density at radius 3 is 0.967 bits per heavy atom. The molecule has 2 fully saturated rings. The van der Waals surface area contributed by atoms with Crippen LogP contribution >= 0.6 is 0 Å². The van der Waals surface area contributed by atoms with Crippen molar-refractivity contribution in [2.75, 3.05) is 0 Å². The zero-order valence-corrected chi connectivity index (χ0v) is 14.1. The summed E-state index contributed by atoms with van der Waals surface area (Å²) < 4.78 is 0. The number of nitrogens with one attached hydrogen (secondary N) is 4. The van der Waals surface area contributed by atoms with Crippen LogP contribution in [-0.2, 0) is 28.8 Å². The number of amides is 8. The number of hydrogen-bond acceptors (Lipinski definition) is 12. The normalized spacial score (nSPS) is 23.8. The summed E-state index contributed by atoms with van der Waals surface area (Å²) in [5, 5.41) is 46.5. The number of aliphatic hydroxyl groups excluding tert-OH is 2. The van der Waals surface area contributed by atoms with Gasteiger partial charge in [-0.25, -0.2) is 9.59 Å². The van der Waals surface area contributed by atoms with Crippen molar-refractivity contribution < 1.29 is 58.8 Å². The molecule has 2 heterocycles. The fraction of sp³-hybridized carbons (Fsp3) is 0.143. The molecule has 0 bridgehead atoms. The minimum Gasteiger partial charge on any atom is -0.504 e. The van der Waals surface area contributed by atoms with Crippen LogP contribution < -0.4 is 21.3 Å². The van der Waals surface area contributed by atoms with E-state index in [1.165, 1.54) is 21.3 Å². The first-order chi connectivity index (χ1) is 13.8. The highest BCUT2D eigenvalue weighted by Crippen LogP contribution is 2.36. The summed E-state index contributed by atoms with van der Waals surface area (Å²) in [5.41, 5.74) is -10.8. The smallest absolute Gasteiger partial charge is 0.328 e. The number of allylic oxidation sites excluding steroid dienone is 2. The summed E-state index contributed by atoms with van der Waals surface area (Å²) >= 11 is 0. The lowest BCUT2D eigenvalue weighted by molar-refractivity contribution is -0.154. The van der Waals surface area contributed by atoms with E-state index in [4.69, 9.17) is 0 Å². The zero-order valence-electron chi connectivity index (χ0n) is 14.1. The van der Waals surface area contributed by atoms with Gasteiger partial charge in [0.2, 0.25) is 11.6 Å². The highest BCUT2D eigenvalue weighted by atomic mass is 16.3. The van der Waals surface area contributed by atoms with Gasteiger partial charge in [-0.1, -0.05) is 0 Å². The summed E-state index contributed by atoms with van der Waals surface area (Å²) in [6.07, 6.45) is 0. The molecule has 0 aromatic heterocycles. The second-order valence-electron chi connectivity index (χ2n) is 6.00. The summed E-state index contributed by atoms with van der Waals surface area (Å²) in [6, 6.07) is -2.83. The van der Waals surface area contributed by atoms with Crippen LogP contribution in [0, 0.1) is 0 Å². The molecule has 0 spiro atoms. The Balaban J connectivity index is 2.19. The molecule has 0 atom stereocenters. The molecule has 1 aliphatic carbocycles. The van der Waals surface area contributed by atoms with Gasteiger partial charge in [-0.05, 0) is 0 Å². The number of carbonyl (C=O) groups excluding carboxylic acids is 8. The lowest BCUT2D eigenvalue weighted by Crippen LogP contribution is -2.70. The number of imide groups is 4. The SMILES string of the molecule is O=C1NC(=O)C(O)(C2=C(O)C(=O)C(C3(O)C(=O)NC(=O)NC3=O)=C(O)C2=O)C(=O)N1. The summed E-state index contributed by atoms with van der Waals surface area (Å²) in [4.78, 5) is 95.1. The number of carbonyl (C=O) groups is 8. The van der Waals surface area contributed by atoms with Crippen LogP contribution in [0.15, 0.2) is 22.7 Å². The molecule has 8 N–H and O–H groups in total. The fourth-order valence-electron chi connectivity index (χ4n) is 2.85. The van der Waals surface area contributed by atoms with E-state index in [9.17, 15) is 58.8 Å². The maximum Gasteiger partial charge on any atom is 0.328 e. The van der Waals surface area contributed by atoms with Gasteiger partial charge in [-0.3, -0.25) is 50.0 Å². The van der Waals surface area contributed by atoms with Crippen LogP contribution in [0.4, 0.5) is 9.59 Å². The minimum absolute atomic E-state index is 1.39. The molecule has 16 heteroatoms. The van der Waals surface area contributed by atoms with E-state index in [-0.39, 0.29) is 0 Å². The molecule has 2 saturated heterocycles. The van der Waals surface area contributed by atoms with Crippen LogP contribution in [-0.4, -0.2) is 78.9 Å². The molecule has 0 aromatic rings. The molecule has 3 rings (SSSR count). The first-order valence-corrected chi connectivity index (χ1v) is 7.53. The van der Waals surface area contributed by atoms with Crippen molar-refractivity contribution in [1.82, 2.24) is 21.3 Å². The van der Waals surface area contributed by atoms with Gasteiger partial charge in [-0.15, -0.1) is 0 Å². The standard InChI is InChI=1S/C14H8N4O12/c19-3-1(13(29)7(23)15-11(27)16-8(13)24)4(20)6(22)2(5(3)21)14(30)9(25)17-12(28)18-10(14)26/h19,22,29-30H,(H2,15,16,23,24,27)(H2,17,18,25,26,28). The Morgan fingerprint density at radius 2 is 0.733 bits per heavy atom. The van der Waals surface area contributed by atoms with Crippen LogP contribution in [0.3, 0.4) is 0 Å². The van der Waals surface area contributed by atoms with Crippen LogP contribution in [0.25, 0.3) is 0 Å². The van der Waals surface area contributed by atoms with Crippen molar-refractivity contribution in [3.05, 3.63) is 22.7 Å². The molecule has 0 unspecified atom stereocenters. The Labute approximate surface area is 162 Å².